The predicted molar refractivity (Wildman–Crippen MR) is 72.2 cm³/mol. The van der Waals surface area contributed by atoms with Gasteiger partial charge in [-0.3, -0.25) is 0 Å². The number of anilines is 1. The van der Waals surface area contributed by atoms with Crippen molar-refractivity contribution in [2.45, 2.75) is 6.92 Å². The highest BCUT2D eigenvalue weighted by atomic mass is 79.9. The van der Waals surface area contributed by atoms with Crippen LogP contribution in [0.25, 0.3) is 10.9 Å². The summed E-state index contributed by atoms with van der Waals surface area (Å²) in [7, 11) is 0. The highest BCUT2D eigenvalue weighted by Crippen LogP contribution is 2.27. The highest BCUT2D eigenvalue weighted by molar-refractivity contribution is 9.10. The molecular formula is C12H14BrN3O. The molecule has 2 rings (SSSR count). The Morgan fingerprint density at radius 1 is 1.35 bits per heavy atom. The summed E-state index contributed by atoms with van der Waals surface area (Å²) in [5.41, 5.74) is 0.897. The van der Waals surface area contributed by atoms with Crippen molar-refractivity contribution in [1.29, 1.82) is 0 Å². The van der Waals surface area contributed by atoms with Crippen LogP contribution in [-0.4, -0.2) is 34.8 Å². The number of hydrogen-bond acceptors (Lipinski definition) is 4. The summed E-state index contributed by atoms with van der Waals surface area (Å²) in [6.07, 6.45) is 1.56. The van der Waals surface area contributed by atoms with Gasteiger partial charge in [-0.2, -0.15) is 0 Å². The lowest BCUT2D eigenvalue weighted by Gasteiger charge is -2.22. The van der Waals surface area contributed by atoms with Crippen LogP contribution in [0.4, 0.5) is 5.82 Å². The van der Waals surface area contributed by atoms with Gasteiger partial charge in [0, 0.05) is 22.9 Å². The Bertz CT molecular complexity index is 518. The Hall–Kier alpha value is -1.20. The summed E-state index contributed by atoms with van der Waals surface area (Å²) in [6.45, 7) is 3.54. The molecule has 0 spiro atoms. The molecular weight excluding hydrogens is 282 g/mol. The van der Waals surface area contributed by atoms with Crippen molar-refractivity contribution >= 4 is 32.7 Å². The van der Waals surface area contributed by atoms with Crippen molar-refractivity contribution in [3.05, 3.63) is 29.0 Å². The molecule has 90 valence electrons. The number of likely N-dealkylation sites (N-methyl/N-ethyl adjacent to an activating group) is 1. The van der Waals surface area contributed by atoms with Crippen LogP contribution >= 0.6 is 15.9 Å². The van der Waals surface area contributed by atoms with E-state index in [4.69, 9.17) is 5.11 Å². The van der Waals surface area contributed by atoms with Crippen molar-refractivity contribution < 1.29 is 5.11 Å². The maximum absolute atomic E-state index is 9.06. The summed E-state index contributed by atoms with van der Waals surface area (Å²) >= 11 is 3.48. The molecule has 0 unspecified atom stereocenters. The van der Waals surface area contributed by atoms with Crippen LogP contribution in [0.15, 0.2) is 29.0 Å². The van der Waals surface area contributed by atoms with Crippen LogP contribution in [0.3, 0.4) is 0 Å². The number of para-hydroxylation sites is 1. The summed E-state index contributed by atoms with van der Waals surface area (Å²) in [6, 6.07) is 5.92. The number of fused-ring (bicyclic) bond motifs is 1. The third kappa shape index (κ3) is 2.40. The fourth-order valence-electron chi connectivity index (χ4n) is 1.82. The second kappa shape index (κ2) is 5.42. The van der Waals surface area contributed by atoms with E-state index in [2.05, 4.69) is 25.9 Å². The van der Waals surface area contributed by atoms with E-state index in [0.717, 1.165) is 27.7 Å². The molecule has 4 nitrogen and oxygen atoms in total. The summed E-state index contributed by atoms with van der Waals surface area (Å²) in [5.74, 6) is 0.868. The van der Waals surface area contributed by atoms with Crippen LogP contribution in [0.1, 0.15) is 6.92 Å². The van der Waals surface area contributed by atoms with Gasteiger partial charge in [0.05, 0.1) is 12.1 Å². The molecule has 2 aromatic rings. The Kier molecular flexibility index (Phi) is 3.91. The van der Waals surface area contributed by atoms with Gasteiger partial charge in [0.1, 0.15) is 12.1 Å². The quantitative estimate of drug-likeness (QED) is 0.940. The van der Waals surface area contributed by atoms with Crippen LogP contribution in [0, 0.1) is 0 Å². The van der Waals surface area contributed by atoms with Crippen molar-refractivity contribution in [1.82, 2.24) is 9.97 Å². The number of halogens is 1. The van der Waals surface area contributed by atoms with Crippen molar-refractivity contribution in [3.63, 3.8) is 0 Å². The van der Waals surface area contributed by atoms with E-state index in [9.17, 15) is 0 Å². The Labute approximate surface area is 108 Å². The molecule has 0 aliphatic carbocycles. The molecule has 0 bridgehead atoms. The number of aliphatic hydroxyl groups is 1. The minimum absolute atomic E-state index is 0.118. The van der Waals surface area contributed by atoms with Crippen LogP contribution < -0.4 is 4.90 Å². The minimum Gasteiger partial charge on any atom is -0.395 e. The third-order valence-corrected chi connectivity index (χ3v) is 3.29. The second-order valence-electron chi connectivity index (χ2n) is 3.64. The van der Waals surface area contributed by atoms with E-state index >= 15 is 0 Å². The Balaban J connectivity index is 2.57. The van der Waals surface area contributed by atoms with Gasteiger partial charge in [0.2, 0.25) is 0 Å². The van der Waals surface area contributed by atoms with Crippen molar-refractivity contribution in [2.24, 2.45) is 0 Å². The Morgan fingerprint density at radius 3 is 2.88 bits per heavy atom. The van der Waals surface area contributed by atoms with Gasteiger partial charge in [0.25, 0.3) is 0 Å². The van der Waals surface area contributed by atoms with E-state index in [1.807, 2.05) is 30.0 Å². The summed E-state index contributed by atoms with van der Waals surface area (Å²) < 4.78 is 0.957. The second-order valence-corrected chi connectivity index (χ2v) is 4.49. The van der Waals surface area contributed by atoms with Crippen molar-refractivity contribution in [2.75, 3.05) is 24.6 Å². The topological polar surface area (TPSA) is 49.2 Å². The van der Waals surface area contributed by atoms with Gasteiger partial charge in [-0.25, -0.2) is 9.97 Å². The maximum Gasteiger partial charge on any atom is 0.139 e. The molecule has 1 aromatic carbocycles. The van der Waals surface area contributed by atoms with Gasteiger partial charge < -0.3 is 10.0 Å². The first-order valence-corrected chi connectivity index (χ1v) is 6.32. The number of benzene rings is 1. The lowest BCUT2D eigenvalue weighted by molar-refractivity contribution is 0.302. The maximum atomic E-state index is 9.06. The van der Waals surface area contributed by atoms with Crippen LogP contribution in [-0.2, 0) is 0 Å². The first kappa shape index (κ1) is 12.3. The van der Waals surface area contributed by atoms with Crippen LogP contribution in [0.5, 0.6) is 0 Å². The summed E-state index contributed by atoms with van der Waals surface area (Å²) in [4.78, 5) is 10.6. The fraction of sp³-hybridized carbons (Fsp3) is 0.333. The number of hydrogen-bond donors (Lipinski definition) is 1. The molecule has 0 aliphatic rings. The van der Waals surface area contributed by atoms with Gasteiger partial charge in [-0.15, -0.1) is 0 Å². The fourth-order valence-corrected chi connectivity index (χ4v) is 2.29. The zero-order valence-corrected chi connectivity index (χ0v) is 11.2. The van der Waals surface area contributed by atoms with E-state index < -0.39 is 0 Å². The van der Waals surface area contributed by atoms with Gasteiger partial charge in [-0.05, 0) is 35.0 Å². The molecule has 5 heteroatoms. The molecule has 0 fully saturated rings. The molecule has 0 amide bonds. The lowest BCUT2D eigenvalue weighted by Crippen LogP contribution is -2.27. The van der Waals surface area contributed by atoms with E-state index in [0.29, 0.717) is 6.54 Å². The third-order valence-electron chi connectivity index (χ3n) is 2.65. The summed E-state index contributed by atoms with van der Waals surface area (Å²) in [5, 5.41) is 10.1. The van der Waals surface area contributed by atoms with Gasteiger partial charge in [0.15, 0.2) is 0 Å². The van der Waals surface area contributed by atoms with Crippen molar-refractivity contribution in [3.8, 4) is 0 Å². The average Bonchev–Trinajstić information content (AvgIpc) is 2.36. The SMILES string of the molecule is CCN(CCO)c1ncnc2c(Br)cccc12. The minimum atomic E-state index is 0.118. The molecule has 1 aromatic heterocycles. The highest BCUT2D eigenvalue weighted by Gasteiger charge is 2.11. The molecule has 0 radical (unpaired) electrons. The number of rotatable bonds is 4. The first-order valence-electron chi connectivity index (χ1n) is 5.53. The smallest absolute Gasteiger partial charge is 0.139 e. The number of aromatic nitrogens is 2. The zero-order valence-electron chi connectivity index (χ0n) is 9.60. The molecule has 0 saturated heterocycles. The normalized spacial score (nSPS) is 10.8. The number of nitrogens with zero attached hydrogens (tertiary/aromatic N) is 3. The molecule has 0 saturated carbocycles. The predicted octanol–water partition coefficient (Wildman–Crippen LogP) is 2.21. The van der Waals surface area contributed by atoms with Crippen LogP contribution in [0.2, 0.25) is 0 Å². The van der Waals surface area contributed by atoms with E-state index in [1.54, 1.807) is 6.33 Å². The lowest BCUT2D eigenvalue weighted by atomic mass is 10.2. The van der Waals surface area contributed by atoms with Gasteiger partial charge in [-0.1, -0.05) is 6.07 Å². The molecule has 1 N–H and O–H groups in total. The Morgan fingerprint density at radius 2 is 2.18 bits per heavy atom. The zero-order chi connectivity index (χ0) is 12.3. The molecule has 1 heterocycles. The number of aliphatic hydroxyl groups excluding tert-OH is 1. The van der Waals surface area contributed by atoms with E-state index in [-0.39, 0.29) is 6.61 Å². The first-order chi connectivity index (χ1) is 8.27. The molecule has 0 atom stereocenters. The van der Waals surface area contributed by atoms with E-state index in [1.165, 1.54) is 0 Å². The monoisotopic (exact) mass is 295 g/mol. The largest absolute Gasteiger partial charge is 0.395 e. The standard InChI is InChI=1S/C12H14BrN3O/c1-2-16(6-7-17)12-9-4-3-5-10(13)11(9)14-8-15-12/h3-5,8,17H,2,6-7H2,1H3. The average molecular weight is 296 g/mol. The molecule has 0 aliphatic heterocycles. The van der Waals surface area contributed by atoms with Gasteiger partial charge >= 0.3 is 0 Å². The molecule has 17 heavy (non-hydrogen) atoms.